The summed E-state index contributed by atoms with van der Waals surface area (Å²) in [6.45, 7) is 1.85. The maximum atomic E-state index is 13.2. The molecule has 0 atom stereocenters. The molecule has 5 nitrogen and oxygen atoms in total. The van der Waals surface area contributed by atoms with E-state index in [0.717, 1.165) is 29.0 Å². The number of rotatable bonds is 5. The molecule has 1 amide bonds. The highest BCUT2D eigenvalue weighted by Gasteiger charge is 2.13. The molecule has 0 radical (unpaired) electrons. The van der Waals surface area contributed by atoms with Crippen LogP contribution in [0.3, 0.4) is 0 Å². The highest BCUT2D eigenvalue weighted by Crippen LogP contribution is 2.25. The SMILES string of the molecule is Cc1c(-c2ccncc2)n[nH]c1NC(=O)CCc1ccc(F)c(F)c1. The molecule has 25 heavy (non-hydrogen) atoms. The van der Waals surface area contributed by atoms with E-state index in [-0.39, 0.29) is 12.3 Å². The Morgan fingerprint density at radius 1 is 1.16 bits per heavy atom. The van der Waals surface area contributed by atoms with Gasteiger partial charge < -0.3 is 5.32 Å². The van der Waals surface area contributed by atoms with Gasteiger partial charge in [-0.1, -0.05) is 6.07 Å². The average Bonchev–Trinajstić information content (AvgIpc) is 2.97. The summed E-state index contributed by atoms with van der Waals surface area (Å²) >= 11 is 0. The van der Waals surface area contributed by atoms with Crippen molar-refractivity contribution in [3.05, 3.63) is 65.5 Å². The number of anilines is 1. The lowest BCUT2D eigenvalue weighted by molar-refractivity contribution is -0.116. The molecule has 3 rings (SSSR count). The van der Waals surface area contributed by atoms with Crippen LogP contribution in [0.1, 0.15) is 17.5 Å². The number of H-pyrrole nitrogens is 1. The van der Waals surface area contributed by atoms with E-state index >= 15 is 0 Å². The third-order valence-corrected chi connectivity index (χ3v) is 3.85. The number of carbonyl (C=O) groups excluding carboxylic acids is 1. The van der Waals surface area contributed by atoms with Crippen molar-refractivity contribution in [3.8, 4) is 11.3 Å². The molecule has 0 aliphatic rings. The van der Waals surface area contributed by atoms with Crippen molar-refractivity contribution in [1.82, 2.24) is 15.2 Å². The fourth-order valence-electron chi connectivity index (χ4n) is 2.47. The predicted octanol–water partition coefficient (Wildman–Crippen LogP) is 3.63. The number of carbonyl (C=O) groups is 1. The van der Waals surface area contributed by atoms with Gasteiger partial charge in [-0.15, -0.1) is 0 Å². The van der Waals surface area contributed by atoms with Crippen molar-refractivity contribution in [2.75, 3.05) is 5.32 Å². The quantitative estimate of drug-likeness (QED) is 0.744. The van der Waals surface area contributed by atoms with Crippen LogP contribution >= 0.6 is 0 Å². The van der Waals surface area contributed by atoms with Crippen LogP contribution < -0.4 is 5.32 Å². The number of hydrogen-bond acceptors (Lipinski definition) is 3. The minimum Gasteiger partial charge on any atom is -0.311 e. The number of nitrogens with zero attached hydrogens (tertiary/aromatic N) is 2. The van der Waals surface area contributed by atoms with Crippen LogP contribution in [0.15, 0.2) is 42.7 Å². The first-order chi connectivity index (χ1) is 12.0. The first-order valence-corrected chi connectivity index (χ1v) is 7.73. The molecule has 3 aromatic rings. The lowest BCUT2D eigenvalue weighted by Gasteiger charge is -2.05. The Kier molecular flexibility index (Phi) is 4.83. The van der Waals surface area contributed by atoms with Crippen LogP contribution in [-0.2, 0) is 11.2 Å². The van der Waals surface area contributed by atoms with Crippen molar-refractivity contribution in [1.29, 1.82) is 0 Å². The Labute approximate surface area is 143 Å². The Morgan fingerprint density at radius 3 is 2.64 bits per heavy atom. The maximum absolute atomic E-state index is 13.2. The van der Waals surface area contributed by atoms with Gasteiger partial charge in [-0.2, -0.15) is 5.10 Å². The molecule has 0 aliphatic heterocycles. The predicted molar refractivity (Wildman–Crippen MR) is 89.9 cm³/mol. The van der Waals surface area contributed by atoms with Crippen LogP contribution in [0.4, 0.5) is 14.6 Å². The topological polar surface area (TPSA) is 70.7 Å². The minimum absolute atomic E-state index is 0.147. The standard InChI is InChI=1S/C18H16F2N4O/c1-11-17(13-6-8-21-9-7-13)23-24-18(11)22-16(25)5-3-12-2-4-14(19)15(20)10-12/h2,4,6-10H,3,5H2,1H3,(H2,22,23,24,25). The maximum Gasteiger partial charge on any atom is 0.225 e. The van der Waals surface area contributed by atoms with Crippen molar-refractivity contribution >= 4 is 11.7 Å². The van der Waals surface area contributed by atoms with E-state index in [2.05, 4.69) is 20.5 Å². The second-order valence-corrected chi connectivity index (χ2v) is 5.60. The molecule has 2 aromatic heterocycles. The first-order valence-electron chi connectivity index (χ1n) is 7.73. The van der Waals surface area contributed by atoms with Gasteiger partial charge in [0.15, 0.2) is 11.6 Å². The molecule has 0 bridgehead atoms. The van der Waals surface area contributed by atoms with E-state index < -0.39 is 11.6 Å². The molecular formula is C18H16F2N4O. The Balaban J connectivity index is 1.63. The van der Waals surface area contributed by atoms with Crippen molar-refractivity contribution in [2.45, 2.75) is 19.8 Å². The molecular weight excluding hydrogens is 326 g/mol. The van der Waals surface area contributed by atoms with E-state index in [1.54, 1.807) is 12.4 Å². The Morgan fingerprint density at radius 2 is 1.92 bits per heavy atom. The number of aromatic amines is 1. The molecule has 0 saturated heterocycles. The van der Waals surface area contributed by atoms with E-state index in [1.807, 2.05) is 19.1 Å². The number of hydrogen-bond donors (Lipinski definition) is 2. The molecule has 0 fully saturated rings. The number of aromatic nitrogens is 3. The summed E-state index contributed by atoms with van der Waals surface area (Å²) in [4.78, 5) is 16.1. The van der Waals surface area contributed by atoms with E-state index in [1.165, 1.54) is 6.07 Å². The highest BCUT2D eigenvalue weighted by atomic mass is 19.2. The van der Waals surface area contributed by atoms with Gasteiger partial charge in [0, 0.05) is 29.9 Å². The molecule has 0 spiro atoms. The van der Waals surface area contributed by atoms with Gasteiger partial charge in [0.25, 0.3) is 0 Å². The molecule has 0 saturated carbocycles. The summed E-state index contributed by atoms with van der Waals surface area (Å²) in [5.74, 6) is -1.53. The highest BCUT2D eigenvalue weighted by molar-refractivity contribution is 5.91. The fraction of sp³-hybridized carbons (Fsp3) is 0.167. The zero-order chi connectivity index (χ0) is 17.8. The van der Waals surface area contributed by atoms with Crippen LogP contribution in [0.5, 0.6) is 0 Å². The monoisotopic (exact) mass is 342 g/mol. The lowest BCUT2D eigenvalue weighted by atomic mass is 10.1. The zero-order valence-corrected chi connectivity index (χ0v) is 13.5. The molecule has 2 heterocycles. The fourth-order valence-corrected chi connectivity index (χ4v) is 2.47. The molecule has 128 valence electrons. The van der Waals surface area contributed by atoms with Crippen molar-refractivity contribution in [3.63, 3.8) is 0 Å². The summed E-state index contributed by atoms with van der Waals surface area (Å²) in [5, 5.41) is 9.78. The van der Waals surface area contributed by atoms with Gasteiger partial charge in [0.05, 0.1) is 5.69 Å². The number of halogens is 2. The second-order valence-electron chi connectivity index (χ2n) is 5.60. The van der Waals surface area contributed by atoms with E-state index in [4.69, 9.17) is 0 Å². The Hall–Kier alpha value is -3.09. The van der Waals surface area contributed by atoms with Gasteiger partial charge in [0.1, 0.15) is 5.82 Å². The van der Waals surface area contributed by atoms with Crippen LogP contribution in [-0.4, -0.2) is 21.1 Å². The van der Waals surface area contributed by atoms with Gasteiger partial charge in [-0.05, 0) is 43.2 Å². The molecule has 0 unspecified atom stereocenters. The summed E-state index contributed by atoms with van der Waals surface area (Å²) in [6.07, 6.45) is 3.80. The Bertz CT molecular complexity index is 893. The number of nitrogens with one attached hydrogen (secondary N) is 2. The third-order valence-electron chi connectivity index (χ3n) is 3.85. The molecule has 1 aromatic carbocycles. The molecule has 7 heteroatoms. The summed E-state index contributed by atoms with van der Waals surface area (Å²) in [7, 11) is 0. The molecule has 0 aliphatic carbocycles. The van der Waals surface area contributed by atoms with Crippen molar-refractivity contribution < 1.29 is 13.6 Å². The number of pyridine rings is 1. The smallest absolute Gasteiger partial charge is 0.225 e. The minimum atomic E-state index is -0.913. The van der Waals surface area contributed by atoms with Gasteiger partial charge >= 0.3 is 0 Å². The molecule has 2 N–H and O–H groups in total. The normalized spacial score (nSPS) is 10.7. The van der Waals surface area contributed by atoms with Gasteiger partial charge in [0.2, 0.25) is 5.91 Å². The van der Waals surface area contributed by atoms with Crippen LogP contribution in [0, 0.1) is 18.6 Å². The largest absolute Gasteiger partial charge is 0.311 e. The second kappa shape index (κ2) is 7.21. The van der Waals surface area contributed by atoms with E-state index in [9.17, 15) is 13.6 Å². The average molecular weight is 342 g/mol. The van der Waals surface area contributed by atoms with Crippen LogP contribution in [0.25, 0.3) is 11.3 Å². The van der Waals surface area contributed by atoms with Gasteiger partial charge in [-0.3, -0.25) is 14.9 Å². The number of benzene rings is 1. The first kappa shape index (κ1) is 16.8. The number of amides is 1. The third kappa shape index (κ3) is 3.88. The summed E-state index contributed by atoms with van der Waals surface area (Å²) in [5.41, 5.74) is 3.00. The summed E-state index contributed by atoms with van der Waals surface area (Å²) in [6, 6.07) is 7.29. The summed E-state index contributed by atoms with van der Waals surface area (Å²) < 4.78 is 26.1. The lowest BCUT2D eigenvalue weighted by Crippen LogP contribution is -2.13. The van der Waals surface area contributed by atoms with Crippen LogP contribution in [0.2, 0.25) is 0 Å². The van der Waals surface area contributed by atoms with Crippen molar-refractivity contribution in [2.24, 2.45) is 0 Å². The van der Waals surface area contributed by atoms with Gasteiger partial charge in [-0.25, -0.2) is 8.78 Å². The number of aryl methyl sites for hydroxylation is 1. The van der Waals surface area contributed by atoms with E-state index in [0.29, 0.717) is 17.8 Å². The zero-order valence-electron chi connectivity index (χ0n) is 13.5.